The maximum atomic E-state index is 13.4. The number of anilines is 1. The van der Waals surface area contributed by atoms with E-state index in [9.17, 15) is 13.2 Å². The van der Waals surface area contributed by atoms with Gasteiger partial charge < -0.3 is 0 Å². The highest BCUT2D eigenvalue weighted by Crippen LogP contribution is 2.37. The lowest BCUT2D eigenvalue weighted by Crippen LogP contribution is -2.18. The number of alkyl halides is 3. The van der Waals surface area contributed by atoms with Crippen molar-refractivity contribution in [3.05, 3.63) is 70.8 Å². The molecule has 2 aromatic carbocycles. The second-order valence-electron chi connectivity index (χ2n) is 5.46. The molecule has 0 amide bonds. The average Bonchev–Trinajstić information content (AvgIpc) is 2.59. The van der Waals surface area contributed by atoms with Crippen LogP contribution in [0.2, 0.25) is 5.02 Å². The Morgan fingerprint density at radius 1 is 1.15 bits per heavy atom. The zero-order valence-electron chi connectivity index (χ0n) is 14.0. The third-order valence-corrected chi connectivity index (χ3v) is 3.85. The van der Waals surface area contributed by atoms with Crippen LogP contribution >= 0.6 is 11.6 Å². The number of aliphatic imine (C=N–C) groups is 1. The van der Waals surface area contributed by atoms with Crippen LogP contribution in [-0.4, -0.2) is 26.3 Å². The maximum absolute atomic E-state index is 13.4. The van der Waals surface area contributed by atoms with E-state index >= 15 is 0 Å². The molecule has 1 unspecified atom stereocenters. The van der Waals surface area contributed by atoms with E-state index in [0.717, 1.165) is 11.8 Å². The highest BCUT2D eigenvalue weighted by molar-refractivity contribution is 6.30. The Morgan fingerprint density at radius 3 is 2.42 bits per heavy atom. The molecule has 0 aliphatic carbocycles. The summed E-state index contributed by atoms with van der Waals surface area (Å²) in [6.07, 6.45) is -0.540. The van der Waals surface area contributed by atoms with Gasteiger partial charge in [0.1, 0.15) is 6.34 Å². The van der Waals surface area contributed by atoms with Gasteiger partial charge in [0.05, 0.1) is 11.6 Å². The van der Waals surface area contributed by atoms with E-state index in [1.165, 1.54) is 30.6 Å². The molecule has 0 N–H and O–H groups in total. The van der Waals surface area contributed by atoms with Gasteiger partial charge in [-0.3, -0.25) is 10.0 Å². The van der Waals surface area contributed by atoms with E-state index in [1.807, 2.05) is 0 Å². The Balaban J connectivity index is 2.22. The van der Waals surface area contributed by atoms with Gasteiger partial charge in [-0.05, 0) is 42.1 Å². The predicted octanol–water partition coefficient (Wildman–Crippen LogP) is 5.78. The summed E-state index contributed by atoms with van der Waals surface area (Å²) < 4.78 is 40.2. The second-order valence-corrected chi connectivity index (χ2v) is 5.90. The van der Waals surface area contributed by atoms with Crippen molar-refractivity contribution < 1.29 is 13.2 Å². The summed E-state index contributed by atoms with van der Waals surface area (Å²) >= 11 is 5.82. The van der Waals surface area contributed by atoms with Crippen molar-refractivity contribution in [1.82, 2.24) is 0 Å². The molecule has 0 aromatic heterocycles. The Hall–Kier alpha value is -2.60. The van der Waals surface area contributed by atoms with Crippen LogP contribution in [0.15, 0.2) is 64.7 Å². The molecule has 0 radical (unpaired) electrons. The number of nitrogens with zero attached hydrogens (tertiary/aromatic N) is 3. The number of hydrazone groups is 1. The minimum Gasteiger partial charge on any atom is -0.267 e. The fourth-order valence-corrected chi connectivity index (χ4v) is 2.50. The molecule has 3 nitrogen and oxygen atoms in total. The second kappa shape index (κ2) is 8.67. The molecule has 0 fully saturated rings. The molecule has 0 spiro atoms. The number of rotatable bonds is 6. The predicted molar refractivity (Wildman–Crippen MR) is 102 cm³/mol. The monoisotopic (exact) mass is 379 g/mol. The van der Waals surface area contributed by atoms with E-state index in [-0.39, 0.29) is 10.6 Å². The number of benzene rings is 2. The summed E-state index contributed by atoms with van der Waals surface area (Å²) in [5.41, 5.74) is 1.51. The smallest absolute Gasteiger partial charge is 0.267 e. The molecule has 1 atom stereocenters. The first-order valence-corrected chi connectivity index (χ1v) is 8.01. The molecule has 0 saturated heterocycles. The van der Waals surface area contributed by atoms with Gasteiger partial charge in [0.25, 0.3) is 0 Å². The largest absolute Gasteiger partial charge is 0.399 e. The normalized spacial score (nSPS) is 13.3. The standard InChI is InChI=1S/C19H17ClF3N3/c1-24-13-25-26(2)17-9-6-14(7-10-17)8-11-18(19(21,22)23)15-4-3-5-16(20)12-15/h3-13,18H,1H2,2H3/b11-8+,25-13-. The molecule has 136 valence electrons. The first-order valence-electron chi connectivity index (χ1n) is 7.63. The van der Waals surface area contributed by atoms with Gasteiger partial charge >= 0.3 is 6.18 Å². The molecule has 0 heterocycles. The number of hydrogen-bond acceptors (Lipinski definition) is 2. The SMILES string of the molecule is C=N/C=N\N(C)c1ccc(/C=C/C(c2cccc(Cl)c2)C(F)(F)F)cc1. The Kier molecular flexibility index (Phi) is 6.58. The first kappa shape index (κ1) is 19.7. The molecule has 0 bridgehead atoms. The fraction of sp³-hybridized carbons (Fsp3) is 0.158. The Bertz CT molecular complexity index is 798. The molecule has 26 heavy (non-hydrogen) atoms. The van der Waals surface area contributed by atoms with Gasteiger partial charge in [-0.25, -0.2) is 0 Å². The van der Waals surface area contributed by atoms with Crippen LogP contribution in [-0.2, 0) is 0 Å². The van der Waals surface area contributed by atoms with E-state index in [0.29, 0.717) is 5.56 Å². The van der Waals surface area contributed by atoms with Crippen molar-refractivity contribution in [2.45, 2.75) is 12.1 Å². The van der Waals surface area contributed by atoms with Gasteiger partial charge in [-0.2, -0.15) is 18.3 Å². The van der Waals surface area contributed by atoms with Gasteiger partial charge in [-0.1, -0.05) is 48.0 Å². The van der Waals surface area contributed by atoms with Gasteiger partial charge in [0.2, 0.25) is 0 Å². The highest BCUT2D eigenvalue weighted by atomic mass is 35.5. The maximum Gasteiger partial charge on any atom is 0.399 e. The molecule has 0 saturated carbocycles. The first-order chi connectivity index (χ1) is 12.3. The lowest BCUT2D eigenvalue weighted by Gasteiger charge is -2.17. The van der Waals surface area contributed by atoms with Crippen LogP contribution < -0.4 is 5.01 Å². The van der Waals surface area contributed by atoms with Crippen LogP contribution in [0, 0.1) is 0 Å². The molecular weight excluding hydrogens is 363 g/mol. The minimum atomic E-state index is -4.41. The quantitative estimate of drug-likeness (QED) is 0.355. The van der Waals surface area contributed by atoms with E-state index in [4.69, 9.17) is 11.6 Å². The molecule has 0 aliphatic rings. The van der Waals surface area contributed by atoms with E-state index in [1.54, 1.807) is 42.4 Å². The zero-order valence-corrected chi connectivity index (χ0v) is 14.7. The molecule has 7 heteroatoms. The molecule has 0 aliphatic heterocycles. The average molecular weight is 380 g/mol. The molecule has 2 aromatic rings. The van der Waals surface area contributed by atoms with Crippen molar-refractivity contribution in [2.75, 3.05) is 12.1 Å². The Labute approximate surface area is 155 Å². The van der Waals surface area contributed by atoms with Crippen LogP contribution in [0.5, 0.6) is 0 Å². The topological polar surface area (TPSA) is 28.0 Å². The van der Waals surface area contributed by atoms with Crippen LogP contribution in [0.25, 0.3) is 6.08 Å². The summed E-state index contributed by atoms with van der Waals surface area (Å²) in [5, 5.41) is 5.84. The number of hydrogen-bond donors (Lipinski definition) is 0. The summed E-state index contributed by atoms with van der Waals surface area (Å²) in [6.45, 7) is 3.30. The van der Waals surface area contributed by atoms with Crippen LogP contribution in [0.1, 0.15) is 17.0 Å². The molecule has 2 rings (SSSR count). The third kappa shape index (κ3) is 5.46. The highest BCUT2D eigenvalue weighted by Gasteiger charge is 2.38. The van der Waals surface area contributed by atoms with Crippen molar-refractivity contribution in [1.29, 1.82) is 0 Å². The van der Waals surface area contributed by atoms with Gasteiger partial charge in [0.15, 0.2) is 0 Å². The summed E-state index contributed by atoms with van der Waals surface area (Å²) in [7, 11) is 1.73. The summed E-state index contributed by atoms with van der Waals surface area (Å²) in [6, 6.07) is 12.7. The van der Waals surface area contributed by atoms with Crippen molar-refractivity contribution in [2.24, 2.45) is 10.1 Å². The van der Waals surface area contributed by atoms with Crippen molar-refractivity contribution in [3.63, 3.8) is 0 Å². The Morgan fingerprint density at radius 2 is 1.85 bits per heavy atom. The number of allylic oxidation sites excluding steroid dienone is 1. The van der Waals surface area contributed by atoms with E-state index in [2.05, 4.69) is 16.8 Å². The van der Waals surface area contributed by atoms with Gasteiger partial charge in [0, 0.05) is 12.1 Å². The number of halogens is 4. The van der Waals surface area contributed by atoms with Crippen molar-refractivity contribution in [3.8, 4) is 0 Å². The third-order valence-electron chi connectivity index (χ3n) is 3.61. The lowest BCUT2D eigenvalue weighted by atomic mass is 9.97. The minimum absolute atomic E-state index is 0.101. The van der Waals surface area contributed by atoms with E-state index < -0.39 is 12.1 Å². The van der Waals surface area contributed by atoms with Crippen LogP contribution in [0.4, 0.5) is 18.9 Å². The summed E-state index contributed by atoms with van der Waals surface area (Å²) in [4.78, 5) is 3.52. The van der Waals surface area contributed by atoms with Crippen LogP contribution in [0.3, 0.4) is 0 Å². The van der Waals surface area contributed by atoms with Gasteiger partial charge in [-0.15, -0.1) is 0 Å². The lowest BCUT2D eigenvalue weighted by molar-refractivity contribution is -0.139. The summed E-state index contributed by atoms with van der Waals surface area (Å²) in [5.74, 6) is -1.73. The molecular formula is C19H17ClF3N3. The van der Waals surface area contributed by atoms with Crippen molar-refractivity contribution >= 4 is 36.4 Å². The fourth-order valence-electron chi connectivity index (χ4n) is 2.30. The zero-order chi connectivity index (χ0) is 19.2.